The average molecular weight is 545 g/mol. The molecule has 0 fully saturated rings. The molecule has 4 rings (SSSR count). The lowest BCUT2D eigenvalue weighted by Gasteiger charge is -2.24. The number of alkyl halides is 3. The summed E-state index contributed by atoms with van der Waals surface area (Å²) in [5.74, 6) is -2.71. The van der Waals surface area contributed by atoms with Crippen LogP contribution in [0.2, 0.25) is 0 Å². The zero-order valence-corrected chi connectivity index (χ0v) is 19.5. The quantitative estimate of drug-likeness (QED) is 0.193. The van der Waals surface area contributed by atoms with Gasteiger partial charge in [0.15, 0.2) is 0 Å². The lowest BCUT2D eigenvalue weighted by Crippen LogP contribution is -2.38. The number of aromatic amines is 2. The summed E-state index contributed by atoms with van der Waals surface area (Å²) in [6.45, 7) is -1.00. The van der Waals surface area contributed by atoms with Gasteiger partial charge in [-0.1, -0.05) is 0 Å². The lowest BCUT2D eigenvalue weighted by molar-refractivity contribution is -0.139. The fraction of sp³-hybridized carbons (Fsp3) is 0.125. The van der Waals surface area contributed by atoms with E-state index >= 15 is 0 Å². The molecule has 2 aromatic carbocycles. The van der Waals surface area contributed by atoms with E-state index < -0.39 is 64.5 Å². The van der Waals surface area contributed by atoms with Gasteiger partial charge < -0.3 is 30.8 Å². The number of nitrogens with zero attached hydrogens (tertiary/aromatic N) is 1. The van der Waals surface area contributed by atoms with Gasteiger partial charge in [-0.3, -0.25) is 19.0 Å². The molecule has 12 nitrogen and oxygen atoms in total. The third-order valence-corrected chi connectivity index (χ3v) is 5.68. The molecular weight excluding hydrogens is 527 g/mol. The van der Waals surface area contributed by atoms with Crippen LogP contribution in [0.25, 0.3) is 11.0 Å². The average Bonchev–Trinajstić information content (AvgIpc) is 3.39. The number of hydrogen-bond acceptors (Lipinski definition) is 5. The molecule has 0 bridgehead atoms. The second kappa shape index (κ2) is 10.2. The molecule has 2 aromatic heterocycles. The van der Waals surface area contributed by atoms with E-state index in [-0.39, 0.29) is 22.3 Å². The topological polar surface area (TPSA) is 186 Å². The number of nitrogens with one attached hydrogen (secondary N) is 4. The Hall–Kier alpha value is -5.34. The summed E-state index contributed by atoms with van der Waals surface area (Å²) in [7, 11) is 0. The third kappa shape index (κ3) is 5.66. The number of hydrogen-bond donors (Lipinski definition) is 6. The highest BCUT2D eigenvalue weighted by Gasteiger charge is 2.37. The van der Waals surface area contributed by atoms with Crippen LogP contribution >= 0.6 is 0 Å². The SMILES string of the molecule is O=C(O)Cn1c(=O)c(=O)[nH]c2cc(C(F)(F)F)c(C(NC(=O)Nc3ccc(C(=O)O)cc3)c3cc[nH]c3)cc21. The first-order chi connectivity index (χ1) is 18.3. The summed E-state index contributed by atoms with van der Waals surface area (Å²) in [6, 6.07) is 5.42. The Kier molecular flexibility index (Phi) is 6.99. The molecule has 2 amide bonds. The Morgan fingerprint density at radius 2 is 1.72 bits per heavy atom. The number of anilines is 1. The van der Waals surface area contributed by atoms with Crippen molar-refractivity contribution in [3.63, 3.8) is 0 Å². The number of amides is 2. The normalized spacial score (nSPS) is 12.2. The minimum atomic E-state index is -4.99. The van der Waals surface area contributed by atoms with Crippen molar-refractivity contribution in [2.45, 2.75) is 18.8 Å². The van der Waals surface area contributed by atoms with E-state index in [0.717, 1.165) is 6.07 Å². The molecule has 0 saturated carbocycles. The number of H-pyrrole nitrogens is 2. The van der Waals surface area contributed by atoms with Crippen LogP contribution in [0.15, 0.2) is 64.4 Å². The molecule has 0 saturated heterocycles. The summed E-state index contributed by atoms with van der Waals surface area (Å²) < 4.78 is 43.2. The van der Waals surface area contributed by atoms with Crippen molar-refractivity contribution in [2.24, 2.45) is 0 Å². The Morgan fingerprint density at radius 1 is 1.03 bits per heavy atom. The molecule has 39 heavy (non-hydrogen) atoms. The maximum absolute atomic E-state index is 14.2. The second-order valence-corrected chi connectivity index (χ2v) is 8.25. The van der Waals surface area contributed by atoms with E-state index in [4.69, 9.17) is 5.11 Å². The van der Waals surface area contributed by atoms with Gasteiger partial charge in [0.1, 0.15) is 6.54 Å². The van der Waals surface area contributed by atoms with Gasteiger partial charge in [0.2, 0.25) is 0 Å². The minimum Gasteiger partial charge on any atom is -0.480 e. The van der Waals surface area contributed by atoms with Crippen LogP contribution in [0.3, 0.4) is 0 Å². The lowest BCUT2D eigenvalue weighted by atomic mass is 9.94. The molecule has 0 spiro atoms. The predicted molar refractivity (Wildman–Crippen MR) is 130 cm³/mol. The van der Waals surface area contributed by atoms with Gasteiger partial charge in [-0.15, -0.1) is 0 Å². The minimum absolute atomic E-state index is 0.0532. The summed E-state index contributed by atoms with van der Waals surface area (Å²) in [4.78, 5) is 64.3. The molecule has 4 aromatic rings. The predicted octanol–water partition coefficient (Wildman–Crippen LogP) is 2.73. The van der Waals surface area contributed by atoms with E-state index in [9.17, 15) is 42.3 Å². The van der Waals surface area contributed by atoms with Gasteiger partial charge in [-0.05, 0) is 53.6 Å². The van der Waals surface area contributed by atoms with E-state index in [1.807, 2.05) is 4.98 Å². The van der Waals surface area contributed by atoms with E-state index in [0.29, 0.717) is 10.6 Å². The number of aromatic nitrogens is 3. The molecule has 0 aliphatic carbocycles. The number of fused-ring (bicyclic) bond motifs is 1. The van der Waals surface area contributed by atoms with Gasteiger partial charge in [0, 0.05) is 18.1 Å². The summed E-state index contributed by atoms with van der Waals surface area (Å²) in [5, 5.41) is 23.0. The van der Waals surface area contributed by atoms with E-state index in [1.165, 1.54) is 42.7 Å². The summed E-state index contributed by atoms with van der Waals surface area (Å²) in [5.41, 5.74) is -4.88. The first kappa shape index (κ1) is 26.7. The highest BCUT2D eigenvalue weighted by Crippen LogP contribution is 2.38. The van der Waals surface area contributed by atoms with E-state index in [2.05, 4.69) is 15.6 Å². The number of carboxylic acid groups (broad SMARTS) is 2. The standard InChI is InChI=1S/C24H18F3N5O7/c25-24(26,27)15-8-16-17(32(10-18(33)34)21(36)20(35)30-16)7-14(15)19(12-5-6-28-9-12)31-23(39)29-13-3-1-11(2-4-13)22(37)38/h1-9,19,28H,10H2,(H,30,35)(H,33,34)(H,37,38)(H2,29,31,39). The molecule has 1 atom stereocenters. The number of rotatable bonds is 7. The zero-order valence-electron chi connectivity index (χ0n) is 19.5. The van der Waals surface area contributed by atoms with Crippen molar-refractivity contribution in [3.8, 4) is 0 Å². The highest BCUT2D eigenvalue weighted by atomic mass is 19.4. The fourth-order valence-electron chi connectivity index (χ4n) is 3.96. The highest BCUT2D eigenvalue weighted by molar-refractivity contribution is 5.92. The number of carbonyl (C=O) groups is 3. The smallest absolute Gasteiger partial charge is 0.416 e. The van der Waals surface area contributed by atoms with Gasteiger partial charge in [-0.2, -0.15) is 13.2 Å². The molecule has 0 aliphatic rings. The Balaban J connectivity index is 1.85. The molecule has 2 heterocycles. The number of halogens is 3. The Labute approximate surface area is 214 Å². The van der Waals surface area contributed by atoms with Crippen LogP contribution in [0.5, 0.6) is 0 Å². The van der Waals surface area contributed by atoms with Crippen molar-refractivity contribution < 1.29 is 37.8 Å². The first-order valence-corrected chi connectivity index (χ1v) is 11.0. The molecule has 0 aliphatic heterocycles. The Bertz CT molecular complexity index is 1690. The summed E-state index contributed by atoms with van der Waals surface area (Å²) >= 11 is 0. The number of carboxylic acids is 2. The first-order valence-electron chi connectivity index (χ1n) is 11.0. The van der Waals surface area contributed by atoms with E-state index in [1.54, 1.807) is 0 Å². The van der Waals surface area contributed by atoms with Gasteiger partial charge >= 0.3 is 35.3 Å². The fourth-order valence-corrected chi connectivity index (χ4v) is 3.96. The van der Waals surface area contributed by atoms with Crippen LogP contribution < -0.4 is 21.8 Å². The second-order valence-electron chi connectivity index (χ2n) is 8.25. The zero-order chi connectivity index (χ0) is 28.5. The molecule has 202 valence electrons. The van der Waals surface area contributed by atoms with Crippen molar-refractivity contribution in [3.05, 3.63) is 97.8 Å². The molecule has 15 heteroatoms. The summed E-state index contributed by atoms with van der Waals surface area (Å²) in [6.07, 6.45) is -2.26. The van der Waals surface area contributed by atoms with Crippen LogP contribution in [0, 0.1) is 0 Å². The van der Waals surface area contributed by atoms with Crippen LogP contribution in [0.1, 0.15) is 33.1 Å². The number of urea groups is 1. The molecular formula is C24H18F3N5O7. The number of carbonyl (C=O) groups excluding carboxylic acids is 1. The number of aromatic carboxylic acids is 1. The molecule has 6 N–H and O–H groups in total. The van der Waals surface area contributed by atoms with Gasteiger partial charge in [-0.25, -0.2) is 9.59 Å². The largest absolute Gasteiger partial charge is 0.480 e. The van der Waals surface area contributed by atoms with Gasteiger partial charge in [0.25, 0.3) is 0 Å². The van der Waals surface area contributed by atoms with Crippen molar-refractivity contribution in [2.75, 3.05) is 5.32 Å². The maximum atomic E-state index is 14.2. The van der Waals surface area contributed by atoms with Gasteiger partial charge in [0.05, 0.1) is 28.2 Å². The number of aliphatic carboxylic acids is 1. The van der Waals surface area contributed by atoms with Crippen LogP contribution in [-0.4, -0.2) is 42.7 Å². The monoisotopic (exact) mass is 545 g/mol. The third-order valence-electron chi connectivity index (χ3n) is 5.68. The van der Waals surface area contributed by atoms with Crippen molar-refractivity contribution in [1.82, 2.24) is 19.9 Å². The van der Waals surface area contributed by atoms with Crippen molar-refractivity contribution >= 4 is 34.7 Å². The van der Waals surface area contributed by atoms with Crippen LogP contribution in [0.4, 0.5) is 23.7 Å². The van der Waals surface area contributed by atoms with Crippen LogP contribution in [-0.2, 0) is 17.5 Å². The maximum Gasteiger partial charge on any atom is 0.416 e. The van der Waals surface area contributed by atoms with Crippen molar-refractivity contribution in [1.29, 1.82) is 0 Å². The Morgan fingerprint density at radius 3 is 2.28 bits per heavy atom. The molecule has 0 radical (unpaired) electrons. The number of benzene rings is 2. The molecule has 1 unspecified atom stereocenters.